The van der Waals surface area contributed by atoms with E-state index >= 15 is 0 Å². The SMILES string of the molecule is CCCn1c(=O)c2[nH]c(-c3cc(OCC(=O)Nc4ccc(OC)cc4)nn3C)nc2n(CCC)c1=O. The van der Waals surface area contributed by atoms with Gasteiger partial charge in [-0.25, -0.2) is 9.78 Å². The number of methoxy groups -OCH3 is 1. The summed E-state index contributed by atoms with van der Waals surface area (Å²) in [7, 11) is 3.27. The first kappa shape index (κ1) is 24.8. The minimum absolute atomic E-state index is 0.215. The highest BCUT2D eigenvalue weighted by atomic mass is 16.5. The molecule has 0 unspecified atom stereocenters. The second kappa shape index (κ2) is 10.5. The van der Waals surface area contributed by atoms with Gasteiger partial charge in [-0.1, -0.05) is 13.8 Å². The maximum atomic E-state index is 13.0. The van der Waals surface area contributed by atoms with Gasteiger partial charge in [0.05, 0.1) is 7.11 Å². The number of carbonyl (C=O) groups excluding carboxylic acids is 1. The first-order valence-electron chi connectivity index (χ1n) is 11.7. The molecule has 0 spiro atoms. The quantitative estimate of drug-likeness (QED) is 0.344. The van der Waals surface area contributed by atoms with Crippen molar-refractivity contribution in [1.82, 2.24) is 28.9 Å². The molecule has 190 valence electrons. The molecule has 0 fully saturated rings. The molecule has 3 aromatic heterocycles. The van der Waals surface area contributed by atoms with Gasteiger partial charge in [0.25, 0.3) is 11.5 Å². The van der Waals surface area contributed by atoms with Crippen LogP contribution in [0, 0.1) is 0 Å². The Hall–Kier alpha value is -4.35. The normalized spacial score (nSPS) is 11.1. The maximum absolute atomic E-state index is 13.0. The zero-order chi connectivity index (χ0) is 25.8. The summed E-state index contributed by atoms with van der Waals surface area (Å²) < 4.78 is 15.0. The molecular formula is C24H29N7O5. The fourth-order valence-electron chi connectivity index (χ4n) is 3.88. The summed E-state index contributed by atoms with van der Waals surface area (Å²) in [6.07, 6.45) is 1.37. The summed E-state index contributed by atoms with van der Waals surface area (Å²) in [4.78, 5) is 45.8. The molecule has 12 nitrogen and oxygen atoms in total. The summed E-state index contributed by atoms with van der Waals surface area (Å²) in [6, 6.07) is 8.55. The summed E-state index contributed by atoms with van der Waals surface area (Å²) in [5, 5.41) is 7.03. The number of rotatable bonds is 10. The van der Waals surface area contributed by atoms with E-state index < -0.39 is 5.56 Å². The van der Waals surface area contributed by atoms with Crippen LogP contribution in [0.2, 0.25) is 0 Å². The van der Waals surface area contributed by atoms with Crippen molar-refractivity contribution in [3.05, 3.63) is 51.2 Å². The van der Waals surface area contributed by atoms with Crippen molar-refractivity contribution in [2.75, 3.05) is 19.0 Å². The number of benzene rings is 1. The van der Waals surface area contributed by atoms with Crippen molar-refractivity contribution >= 4 is 22.8 Å². The maximum Gasteiger partial charge on any atom is 0.332 e. The van der Waals surface area contributed by atoms with Gasteiger partial charge in [0.1, 0.15) is 17.0 Å². The summed E-state index contributed by atoms with van der Waals surface area (Å²) in [6.45, 7) is 4.38. The van der Waals surface area contributed by atoms with Gasteiger partial charge in [0.15, 0.2) is 18.1 Å². The van der Waals surface area contributed by atoms with Gasteiger partial charge >= 0.3 is 5.69 Å². The summed E-state index contributed by atoms with van der Waals surface area (Å²) in [5.74, 6) is 0.920. The van der Waals surface area contributed by atoms with E-state index in [1.54, 1.807) is 44.5 Å². The van der Waals surface area contributed by atoms with Crippen LogP contribution in [-0.2, 0) is 24.9 Å². The lowest BCUT2D eigenvalue weighted by molar-refractivity contribution is -0.118. The molecule has 0 saturated carbocycles. The topological polar surface area (TPSA) is 138 Å². The molecule has 12 heteroatoms. The van der Waals surface area contributed by atoms with E-state index in [4.69, 9.17) is 9.47 Å². The molecule has 1 amide bonds. The van der Waals surface area contributed by atoms with Crippen molar-refractivity contribution in [2.24, 2.45) is 7.05 Å². The Bertz CT molecular complexity index is 1490. The zero-order valence-electron chi connectivity index (χ0n) is 20.7. The van der Waals surface area contributed by atoms with Crippen molar-refractivity contribution in [2.45, 2.75) is 39.8 Å². The number of aromatic amines is 1. The number of aromatic nitrogens is 6. The highest BCUT2D eigenvalue weighted by molar-refractivity contribution is 5.91. The number of ether oxygens (including phenoxy) is 2. The molecule has 36 heavy (non-hydrogen) atoms. The molecule has 3 heterocycles. The van der Waals surface area contributed by atoms with Gasteiger partial charge < -0.3 is 19.8 Å². The second-order valence-electron chi connectivity index (χ2n) is 8.23. The van der Waals surface area contributed by atoms with Gasteiger partial charge in [-0.05, 0) is 37.1 Å². The van der Waals surface area contributed by atoms with Gasteiger partial charge in [-0.15, -0.1) is 5.10 Å². The molecule has 0 aliphatic rings. The number of nitrogens with zero attached hydrogens (tertiary/aromatic N) is 5. The number of hydrogen-bond donors (Lipinski definition) is 2. The number of anilines is 1. The third kappa shape index (κ3) is 4.88. The Balaban J connectivity index is 1.56. The van der Waals surface area contributed by atoms with E-state index in [0.717, 1.165) is 0 Å². The minimum Gasteiger partial charge on any atom is -0.497 e. The first-order valence-corrected chi connectivity index (χ1v) is 11.7. The van der Waals surface area contributed by atoms with E-state index in [1.165, 1.54) is 13.8 Å². The predicted molar refractivity (Wildman–Crippen MR) is 135 cm³/mol. The van der Waals surface area contributed by atoms with Crippen LogP contribution in [0.25, 0.3) is 22.7 Å². The highest BCUT2D eigenvalue weighted by Gasteiger charge is 2.20. The van der Waals surface area contributed by atoms with Crippen LogP contribution in [-0.4, -0.2) is 48.5 Å². The summed E-state index contributed by atoms with van der Waals surface area (Å²) in [5.41, 5.74) is 0.933. The molecule has 0 radical (unpaired) electrons. The molecule has 4 rings (SSSR count). The van der Waals surface area contributed by atoms with Crippen molar-refractivity contribution < 1.29 is 14.3 Å². The Labute approximate surface area is 206 Å². The number of imidazole rings is 1. The average molecular weight is 496 g/mol. The lowest BCUT2D eigenvalue weighted by Gasteiger charge is -2.09. The Morgan fingerprint density at radius 1 is 1.08 bits per heavy atom. The number of H-pyrrole nitrogens is 1. The van der Waals surface area contributed by atoms with Gasteiger partial charge in [-0.3, -0.25) is 23.4 Å². The molecule has 0 atom stereocenters. The second-order valence-corrected chi connectivity index (χ2v) is 8.23. The molecule has 0 aliphatic heterocycles. The smallest absolute Gasteiger partial charge is 0.332 e. The first-order chi connectivity index (χ1) is 17.4. The lowest BCUT2D eigenvalue weighted by atomic mass is 10.3. The van der Waals surface area contributed by atoms with E-state index in [1.807, 2.05) is 13.8 Å². The number of nitrogens with one attached hydrogen (secondary N) is 2. The molecule has 0 saturated heterocycles. The molecule has 2 N–H and O–H groups in total. The third-order valence-electron chi connectivity index (χ3n) is 5.58. The van der Waals surface area contributed by atoms with Gasteiger partial charge in [0.2, 0.25) is 5.88 Å². The van der Waals surface area contributed by atoms with E-state index in [0.29, 0.717) is 54.5 Å². The molecule has 0 bridgehead atoms. The lowest BCUT2D eigenvalue weighted by Crippen LogP contribution is -2.40. The predicted octanol–water partition coefficient (Wildman–Crippen LogP) is 2.13. The van der Waals surface area contributed by atoms with Crippen LogP contribution in [0.5, 0.6) is 11.6 Å². The number of aryl methyl sites for hydroxylation is 2. The van der Waals surface area contributed by atoms with Crippen LogP contribution in [0.4, 0.5) is 5.69 Å². The standard InChI is InChI=1S/C24H29N7O5/c1-5-11-30-22-20(23(33)31(12-6-2)24(30)34)26-21(27-22)17-13-19(28-29(17)3)36-14-18(32)25-15-7-9-16(35-4)10-8-15/h7-10,13H,5-6,11-12,14H2,1-4H3,(H,25,32)(H,26,27). The number of carbonyl (C=O) groups is 1. The van der Waals surface area contributed by atoms with Crippen LogP contribution in [0.15, 0.2) is 39.9 Å². The molecule has 0 aliphatic carbocycles. The van der Waals surface area contributed by atoms with E-state index in [2.05, 4.69) is 20.4 Å². The van der Waals surface area contributed by atoms with Crippen LogP contribution in [0.1, 0.15) is 26.7 Å². The number of amides is 1. The Kier molecular flexibility index (Phi) is 7.23. The van der Waals surface area contributed by atoms with Gasteiger partial charge in [-0.2, -0.15) is 0 Å². The fourth-order valence-corrected chi connectivity index (χ4v) is 3.88. The van der Waals surface area contributed by atoms with Crippen LogP contribution >= 0.6 is 0 Å². The van der Waals surface area contributed by atoms with E-state index in [-0.39, 0.29) is 29.6 Å². The fraction of sp³-hybridized carbons (Fsp3) is 0.375. The molecule has 4 aromatic rings. The minimum atomic E-state index is -0.406. The van der Waals surface area contributed by atoms with Gasteiger partial charge in [0, 0.05) is 31.9 Å². The Morgan fingerprint density at radius 3 is 2.44 bits per heavy atom. The van der Waals surface area contributed by atoms with E-state index in [9.17, 15) is 14.4 Å². The molecular weight excluding hydrogens is 466 g/mol. The number of fused-ring (bicyclic) bond motifs is 1. The third-order valence-corrected chi connectivity index (χ3v) is 5.58. The average Bonchev–Trinajstić information content (AvgIpc) is 3.47. The van der Waals surface area contributed by atoms with Crippen molar-refractivity contribution in [3.8, 4) is 23.1 Å². The monoisotopic (exact) mass is 495 g/mol. The van der Waals surface area contributed by atoms with Crippen LogP contribution in [0.3, 0.4) is 0 Å². The zero-order valence-corrected chi connectivity index (χ0v) is 20.7. The number of hydrogen-bond acceptors (Lipinski definition) is 7. The summed E-state index contributed by atoms with van der Waals surface area (Å²) >= 11 is 0. The van der Waals surface area contributed by atoms with Crippen LogP contribution < -0.4 is 26.0 Å². The van der Waals surface area contributed by atoms with Crippen molar-refractivity contribution in [1.29, 1.82) is 0 Å². The largest absolute Gasteiger partial charge is 0.497 e. The molecule has 1 aromatic carbocycles. The highest BCUT2D eigenvalue weighted by Crippen LogP contribution is 2.22. The van der Waals surface area contributed by atoms with Crippen molar-refractivity contribution in [3.63, 3.8) is 0 Å². The Morgan fingerprint density at radius 2 is 1.78 bits per heavy atom.